The first kappa shape index (κ1) is 16.5. The van der Waals surface area contributed by atoms with Crippen LogP contribution in [0.2, 0.25) is 0 Å². The van der Waals surface area contributed by atoms with Gasteiger partial charge in [0.25, 0.3) is 0 Å². The summed E-state index contributed by atoms with van der Waals surface area (Å²) in [5.74, 6) is 0.860. The van der Waals surface area contributed by atoms with Crippen molar-refractivity contribution < 1.29 is 0 Å². The molecule has 3 heterocycles. The highest BCUT2D eigenvalue weighted by molar-refractivity contribution is 5.28. The van der Waals surface area contributed by atoms with Crippen LogP contribution < -0.4 is 0 Å². The van der Waals surface area contributed by atoms with Crippen LogP contribution in [-0.2, 0) is 13.1 Å². The molecule has 2 aliphatic rings. The van der Waals surface area contributed by atoms with Gasteiger partial charge in [-0.2, -0.15) is 5.26 Å². The van der Waals surface area contributed by atoms with Crippen molar-refractivity contribution in [2.24, 2.45) is 5.92 Å². The first-order valence-electron chi connectivity index (χ1n) is 9.26. The molecule has 1 aromatic heterocycles. The second kappa shape index (κ2) is 7.51. The minimum Gasteiger partial charge on any atom is -0.339 e. The topological polar surface area (TPSA) is 35.2 Å². The molecule has 4 heteroatoms. The Hall–Kier alpha value is -1.31. The summed E-state index contributed by atoms with van der Waals surface area (Å²) in [4.78, 5) is 5.25. The number of aromatic nitrogens is 1. The van der Waals surface area contributed by atoms with Crippen LogP contribution in [0, 0.1) is 17.2 Å². The molecule has 126 valence electrons. The van der Waals surface area contributed by atoms with Crippen LogP contribution in [0.1, 0.15) is 50.8 Å². The summed E-state index contributed by atoms with van der Waals surface area (Å²) < 4.78 is 2.05. The van der Waals surface area contributed by atoms with Crippen LogP contribution in [0.5, 0.6) is 0 Å². The number of likely N-dealkylation sites (tertiary alicyclic amines) is 2. The van der Waals surface area contributed by atoms with Crippen molar-refractivity contribution in [2.75, 3.05) is 26.2 Å². The highest BCUT2D eigenvalue weighted by Crippen LogP contribution is 2.27. The maximum atomic E-state index is 9.18. The number of rotatable bonds is 5. The molecule has 4 nitrogen and oxygen atoms in total. The molecule has 1 aromatic rings. The Morgan fingerprint density at radius 3 is 2.48 bits per heavy atom. The van der Waals surface area contributed by atoms with E-state index in [2.05, 4.69) is 46.5 Å². The van der Waals surface area contributed by atoms with Gasteiger partial charge in [0.15, 0.2) is 0 Å². The third-order valence-corrected chi connectivity index (χ3v) is 5.85. The van der Waals surface area contributed by atoms with Crippen LogP contribution in [0.3, 0.4) is 0 Å². The third kappa shape index (κ3) is 3.79. The zero-order valence-corrected chi connectivity index (χ0v) is 14.7. The molecule has 0 radical (unpaired) electrons. The van der Waals surface area contributed by atoms with Crippen LogP contribution >= 0.6 is 0 Å². The minimum atomic E-state index is 0.756. The molecule has 0 aromatic carbocycles. The van der Waals surface area contributed by atoms with Crippen molar-refractivity contribution in [1.82, 2.24) is 14.4 Å². The summed E-state index contributed by atoms with van der Waals surface area (Å²) in [5, 5.41) is 9.18. The summed E-state index contributed by atoms with van der Waals surface area (Å²) >= 11 is 0. The monoisotopic (exact) mass is 314 g/mol. The quantitative estimate of drug-likeness (QED) is 0.838. The van der Waals surface area contributed by atoms with Gasteiger partial charge in [0.05, 0.1) is 0 Å². The lowest BCUT2D eigenvalue weighted by Crippen LogP contribution is -2.42. The molecule has 1 atom stereocenters. The van der Waals surface area contributed by atoms with Gasteiger partial charge >= 0.3 is 0 Å². The molecule has 2 saturated heterocycles. The summed E-state index contributed by atoms with van der Waals surface area (Å²) in [6, 6.07) is 5.11. The Morgan fingerprint density at radius 2 is 1.91 bits per heavy atom. The fraction of sp³-hybridized carbons (Fsp3) is 0.737. The molecule has 23 heavy (non-hydrogen) atoms. The number of piperidine rings is 1. The van der Waals surface area contributed by atoms with E-state index in [9.17, 15) is 5.26 Å². The lowest BCUT2D eigenvalue weighted by Gasteiger charge is -2.38. The second-order valence-corrected chi connectivity index (χ2v) is 7.23. The maximum absolute atomic E-state index is 9.18. The SMILES string of the molecule is CCn1cc(CN2CCC(C(C)N3CCCC3)CC2)cc1C#N. The van der Waals surface area contributed by atoms with E-state index in [1.807, 2.05) is 0 Å². The average molecular weight is 314 g/mol. The summed E-state index contributed by atoms with van der Waals surface area (Å²) in [6.45, 7) is 11.4. The predicted molar refractivity (Wildman–Crippen MR) is 93.1 cm³/mol. The van der Waals surface area contributed by atoms with E-state index in [1.54, 1.807) is 0 Å². The lowest BCUT2D eigenvalue weighted by molar-refractivity contribution is 0.108. The smallest absolute Gasteiger partial charge is 0.120 e. The van der Waals surface area contributed by atoms with E-state index in [1.165, 1.54) is 57.4 Å². The van der Waals surface area contributed by atoms with E-state index in [-0.39, 0.29) is 0 Å². The van der Waals surface area contributed by atoms with Crippen molar-refractivity contribution in [3.8, 4) is 6.07 Å². The average Bonchev–Trinajstić information content (AvgIpc) is 3.24. The number of hydrogen-bond donors (Lipinski definition) is 0. The van der Waals surface area contributed by atoms with E-state index in [4.69, 9.17) is 0 Å². The molecule has 0 amide bonds. The van der Waals surface area contributed by atoms with Gasteiger partial charge in [-0.05, 0) is 83.3 Å². The van der Waals surface area contributed by atoms with E-state index < -0.39 is 0 Å². The highest BCUT2D eigenvalue weighted by atomic mass is 15.2. The highest BCUT2D eigenvalue weighted by Gasteiger charge is 2.29. The van der Waals surface area contributed by atoms with Crippen molar-refractivity contribution in [2.45, 2.75) is 58.7 Å². The van der Waals surface area contributed by atoms with Gasteiger partial charge < -0.3 is 9.47 Å². The minimum absolute atomic E-state index is 0.756. The van der Waals surface area contributed by atoms with Gasteiger partial charge in [0.1, 0.15) is 11.8 Å². The fourth-order valence-electron chi connectivity index (χ4n) is 4.31. The van der Waals surface area contributed by atoms with Crippen LogP contribution in [0.4, 0.5) is 0 Å². The van der Waals surface area contributed by atoms with Crippen molar-refractivity contribution in [3.05, 3.63) is 23.5 Å². The number of nitriles is 1. The molecule has 0 N–H and O–H groups in total. The van der Waals surface area contributed by atoms with E-state index >= 15 is 0 Å². The van der Waals surface area contributed by atoms with Gasteiger partial charge in [-0.15, -0.1) is 0 Å². The largest absolute Gasteiger partial charge is 0.339 e. The Kier molecular flexibility index (Phi) is 5.40. The zero-order valence-electron chi connectivity index (χ0n) is 14.7. The number of hydrogen-bond acceptors (Lipinski definition) is 3. The molecular weight excluding hydrogens is 284 g/mol. The molecule has 3 rings (SSSR count). The summed E-state index contributed by atoms with van der Waals surface area (Å²) in [5.41, 5.74) is 2.08. The van der Waals surface area contributed by atoms with Crippen LogP contribution in [-0.4, -0.2) is 46.6 Å². The first-order valence-corrected chi connectivity index (χ1v) is 9.26. The van der Waals surface area contributed by atoms with Gasteiger partial charge in [0, 0.05) is 25.3 Å². The van der Waals surface area contributed by atoms with Gasteiger partial charge in [-0.1, -0.05) is 0 Å². The van der Waals surface area contributed by atoms with Crippen molar-refractivity contribution >= 4 is 0 Å². The molecule has 0 bridgehead atoms. The van der Waals surface area contributed by atoms with Crippen LogP contribution in [0.25, 0.3) is 0 Å². The Balaban J connectivity index is 1.51. The summed E-state index contributed by atoms with van der Waals surface area (Å²) in [6.07, 6.45) is 7.56. The van der Waals surface area contributed by atoms with Gasteiger partial charge in [0.2, 0.25) is 0 Å². The molecule has 2 fully saturated rings. The third-order valence-electron chi connectivity index (χ3n) is 5.85. The van der Waals surface area contributed by atoms with Gasteiger partial charge in [-0.25, -0.2) is 0 Å². The number of aryl methyl sites for hydroxylation is 1. The summed E-state index contributed by atoms with van der Waals surface area (Å²) in [7, 11) is 0. The lowest BCUT2D eigenvalue weighted by atomic mass is 9.89. The van der Waals surface area contributed by atoms with Crippen molar-refractivity contribution in [1.29, 1.82) is 5.26 Å². The molecule has 2 aliphatic heterocycles. The molecular formula is C19H30N4. The number of nitrogens with zero attached hydrogens (tertiary/aromatic N) is 4. The Morgan fingerprint density at radius 1 is 1.22 bits per heavy atom. The molecule has 0 aliphatic carbocycles. The molecule has 0 spiro atoms. The standard InChI is InChI=1S/C19H30N4/c1-3-22-15-17(12-19(22)13-20)14-21-10-6-18(7-11-21)16(2)23-8-4-5-9-23/h12,15-16,18H,3-11,14H2,1-2H3. The first-order chi connectivity index (χ1) is 11.2. The Labute approximate surface area is 140 Å². The normalized spacial score (nSPS) is 22.3. The van der Waals surface area contributed by atoms with Crippen LogP contribution in [0.15, 0.2) is 12.3 Å². The van der Waals surface area contributed by atoms with E-state index in [0.29, 0.717) is 0 Å². The second-order valence-electron chi connectivity index (χ2n) is 7.23. The maximum Gasteiger partial charge on any atom is 0.120 e. The van der Waals surface area contributed by atoms with Crippen molar-refractivity contribution in [3.63, 3.8) is 0 Å². The zero-order chi connectivity index (χ0) is 16.2. The van der Waals surface area contributed by atoms with E-state index in [0.717, 1.165) is 30.7 Å². The molecule has 1 unspecified atom stereocenters. The molecule has 0 saturated carbocycles. The van der Waals surface area contributed by atoms with Gasteiger partial charge in [-0.3, -0.25) is 4.90 Å². The Bertz CT molecular complexity index is 542. The fourth-order valence-corrected chi connectivity index (χ4v) is 4.31. The predicted octanol–water partition coefficient (Wildman–Crippen LogP) is 3.08.